The van der Waals surface area contributed by atoms with Gasteiger partial charge in [-0.2, -0.15) is 5.26 Å². The molecular formula is C14H16N4O4. The van der Waals surface area contributed by atoms with Crippen molar-refractivity contribution >= 4 is 0 Å². The summed E-state index contributed by atoms with van der Waals surface area (Å²) in [6, 6.07) is 8.96. The van der Waals surface area contributed by atoms with E-state index in [1.807, 2.05) is 6.07 Å². The molecule has 2 aromatic rings. The third kappa shape index (κ3) is 3.72. The van der Waals surface area contributed by atoms with Gasteiger partial charge in [-0.25, -0.2) is 4.68 Å². The summed E-state index contributed by atoms with van der Waals surface area (Å²) in [5, 5.41) is 34.9. The maximum Gasteiger partial charge on any atom is 0.189 e. The van der Waals surface area contributed by atoms with Gasteiger partial charge >= 0.3 is 0 Å². The van der Waals surface area contributed by atoms with Gasteiger partial charge in [-0.15, -0.1) is 5.10 Å². The number of nitriles is 1. The van der Waals surface area contributed by atoms with E-state index >= 15 is 0 Å². The summed E-state index contributed by atoms with van der Waals surface area (Å²) in [5.41, 5.74) is 0.547. The number of methoxy groups -OCH3 is 1. The van der Waals surface area contributed by atoms with E-state index in [-0.39, 0.29) is 18.8 Å². The SMILES string of the molecule is COc1cccc(OCc2c(C#N)nnn2CC(O)CO)c1. The van der Waals surface area contributed by atoms with Crippen LogP contribution in [0.4, 0.5) is 0 Å². The van der Waals surface area contributed by atoms with E-state index in [1.54, 1.807) is 31.4 Å². The van der Waals surface area contributed by atoms with E-state index in [0.29, 0.717) is 17.2 Å². The highest BCUT2D eigenvalue weighted by Crippen LogP contribution is 2.20. The van der Waals surface area contributed by atoms with Crippen molar-refractivity contribution < 1.29 is 19.7 Å². The van der Waals surface area contributed by atoms with E-state index < -0.39 is 12.7 Å². The van der Waals surface area contributed by atoms with Crippen LogP contribution in [-0.4, -0.2) is 45.0 Å². The molecule has 0 aliphatic heterocycles. The maximum atomic E-state index is 9.49. The fourth-order valence-electron chi connectivity index (χ4n) is 1.81. The number of aliphatic hydroxyl groups excluding tert-OH is 2. The standard InChI is InChI=1S/C14H16N4O4/c1-21-11-3-2-4-12(5-11)22-9-14-13(6-15)16-17-18(14)7-10(20)8-19/h2-5,10,19-20H,7-9H2,1H3. The molecule has 0 aliphatic rings. The highest BCUT2D eigenvalue weighted by atomic mass is 16.5. The van der Waals surface area contributed by atoms with E-state index in [2.05, 4.69) is 10.3 Å². The van der Waals surface area contributed by atoms with Gasteiger partial charge in [0.15, 0.2) is 5.69 Å². The number of hydrogen-bond donors (Lipinski definition) is 2. The zero-order chi connectivity index (χ0) is 15.9. The second-order valence-corrected chi connectivity index (χ2v) is 4.48. The van der Waals surface area contributed by atoms with Gasteiger partial charge in [0.2, 0.25) is 0 Å². The molecule has 1 aromatic carbocycles. The Kier molecular flexibility index (Phi) is 5.30. The summed E-state index contributed by atoms with van der Waals surface area (Å²) in [7, 11) is 1.56. The fourth-order valence-corrected chi connectivity index (χ4v) is 1.81. The first-order valence-corrected chi connectivity index (χ1v) is 6.56. The lowest BCUT2D eigenvalue weighted by Gasteiger charge is -2.11. The number of benzene rings is 1. The van der Waals surface area contributed by atoms with Gasteiger partial charge in [-0.3, -0.25) is 0 Å². The van der Waals surface area contributed by atoms with Gasteiger partial charge in [0.05, 0.1) is 26.4 Å². The average Bonchev–Trinajstić information content (AvgIpc) is 2.94. The first kappa shape index (κ1) is 15.8. The molecule has 0 amide bonds. The Labute approximate surface area is 127 Å². The Hall–Kier alpha value is -2.63. The third-order valence-electron chi connectivity index (χ3n) is 2.95. The number of ether oxygens (including phenoxy) is 2. The zero-order valence-electron chi connectivity index (χ0n) is 12.0. The Balaban J connectivity index is 2.14. The summed E-state index contributed by atoms with van der Waals surface area (Å²) < 4.78 is 12.1. The summed E-state index contributed by atoms with van der Waals surface area (Å²) >= 11 is 0. The maximum absolute atomic E-state index is 9.49. The summed E-state index contributed by atoms with van der Waals surface area (Å²) in [4.78, 5) is 0. The quantitative estimate of drug-likeness (QED) is 0.745. The van der Waals surface area contributed by atoms with Crippen LogP contribution in [0, 0.1) is 11.3 Å². The molecule has 0 saturated heterocycles. The third-order valence-corrected chi connectivity index (χ3v) is 2.95. The highest BCUT2D eigenvalue weighted by Gasteiger charge is 2.16. The molecule has 0 saturated carbocycles. The second-order valence-electron chi connectivity index (χ2n) is 4.48. The Bertz CT molecular complexity index is 665. The number of aromatic nitrogens is 3. The first-order chi connectivity index (χ1) is 10.7. The smallest absolute Gasteiger partial charge is 0.189 e. The van der Waals surface area contributed by atoms with Crippen molar-refractivity contribution in [2.75, 3.05) is 13.7 Å². The second kappa shape index (κ2) is 7.40. The molecule has 1 heterocycles. The number of rotatable bonds is 7. The molecule has 1 unspecified atom stereocenters. The minimum Gasteiger partial charge on any atom is -0.497 e. The van der Waals surface area contributed by atoms with E-state index in [1.165, 1.54) is 4.68 Å². The molecule has 0 fully saturated rings. The lowest BCUT2D eigenvalue weighted by molar-refractivity contribution is 0.0761. The van der Waals surface area contributed by atoms with Gasteiger partial charge < -0.3 is 19.7 Å². The molecule has 8 nitrogen and oxygen atoms in total. The molecule has 0 spiro atoms. The molecule has 8 heteroatoms. The van der Waals surface area contributed by atoms with Gasteiger partial charge in [-0.1, -0.05) is 11.3 Å². The van der Waals surface area contributed by atoms with E-state index in [0.717, 1.165) is 0 Å². The van der Waals surface area contributed by atoms with Crippen LogP contribution in [-0.2, 0) is 13.2 Å². The number of hydrogen-bond acceptors (Lipinski definition) is 7. The molecule has 116 valence electrons. The molecule has 0 radical (unpaired) electrons. The lowest BCUT2D eigenvalue weighted by Crippen LogP contribution is -2.22. The summed E-state index contributed by atoms with van der Waals surface area (Å²) in [6.07, 6.45) is -0.983. The number of nitrogens with zero attached hydrogens (tertiary/aromatic N) is 4. The summed E-state index contributed by atoms with van der Waals surface area (Å²) in [5.74, 6) is 1.22. The Morgan fingerprint density at radius 3 is 2.86 bits per heavy atom. The molecule has 0 bridgehead atoms. The van der Waals surface area contributed by atoms with Gasteiger partial charge in [0.25, 0.3) is 0 Å². The van der Waals surface area contributed by atoms with Crippen LogP contribution < -0.4 is 9.47 Å². The largest absolute Gasteiger partial charge is 0.497 e. The first-order valence-electron chi connectivity index (χ1n) is 6.56. The monoisotopic (exact) mass is 304 g/mol. The van der Waals surface area contributed by atoms with Crippen LogP contribution in [0.3, 0.4) is 0 Å². The van der Waals surface area contributed by atoms with Crippen LogP contribution in [0.15, 0.2) is 24.3 Å². The lowest BCUT2D eigenvalue weighted by atomic mass is 10.3. The fraction of sp³-hybridized carbons (Fsp3) is 0.357. The molecule has 2 rings (SSSR count). The summed E-state index contributed by atoms with van der Waals surface area (Å²) in [6.45, 7) is -0.318. The predicted octanol–water partition coefficient (Wildman–Crippen LogP) is 0.0906. The minimum absolute atomic E-state index is 0.0297. The van der Waals surface area contributed by atoms with Crippen LogP contribution in [0.25, 0.3) is 0 Å². The topological polar surface area (TPSA) is 113 Å². The molecule has 0 aliphatic carbocycles. The highest BCUT2D eigenvalue weighted by molar-refractivity contribution is 5.33. The van der Waals surface area contributed by atoms with Crippen LogP contribution >= 0.6 is 0 Å². The molecule has 2 N–H and O–H groups in total. The van der Waals surface area contributed by atoms with Crippen LogP contribution in [0.2, 0.25) is 0 Å². The average molecular weight is 304 g/mol. The van der Waals surface area contributed by atoms with Crippen molar-refractivity contribution in [3.05, 3.63) is 35.7 Å². The zero-order valence-corrected chi connectivity index (χ0v) is 12.0. The molecular weight excluding hydrogens is 288 g/mol. The van der Waals surface area contributed by atoms with E-state index in [9.17, 15) is 5.11 Å². The van der Waals surface area contributed by atoms with Crippen molar-refractivity contribution in [1.82, 2.24) is 15.0 Å². The van der Waals surface area contributed by atoms with Crippen molar-refractivity contribution in [2.45, 2.75) is 19.3 Å². The van der Waals surface area contributed by atoms with Crippen molar-refractivity contribution in [3.8, 4) is 17.6 Å². The van der Waals surface area contributed by atoms with Crippen molar-refractivity contribution in [1.29, 1.82) is 5.26 Å². The van der Waals surface area contributed by atoms with Gasteiger partial charge in [-0.05, 0) is 12.1 Å². The Morgan fingerprint density at radius 2 is 2.18 bits per heavy atom. The normalized spacial score (nSPS) is 11.7. The molecule has 22 heavy (non-hydrogen) atoms. The van der Waals surface area contributed by atoms with Crippen LogP contribution in [0.1, 0.15) is 11.4 Å². The Morgan fingerprint density at radius 1 is 1.41 bits per heavy atom. The van der Waals surface area contributed by atoms with Crippen molar-refractivity contribution in [2.24, 2.45) is 0 Å². The minimum atomic E-state index is -0.983. The van der Waals surface area contributed by atoms with E-state index in [4.69, 9.17) is 19.8 Å². The van der Waals surface area contributed by atoms with Gasteiger partial charge in [0, 0.05) is 6.07 Å². The van der Waals surface area contributed by atoms with Crippen molar-refractivity contribution in [3.63, 3.8) is 0 Å². The molecule has 1 aromatic heterocycles. The van der Waals surface area contributed by atoms with Gasteiger partial charge in [0.1, 0.15) is 29.9 Å². The molecule has 1 atom stereocenters. The predicted molar refractivity (Wildman–Crippen MR) is 75.2 cm³/mol. The number of aliphatic hydroxyl groups is 2. The van der Waals surface area contributed by atoms with Crippen LogP contribution in [0.5, 0.6) is 11.5 Å².